The third-order valence-electron chi connectivity index (χ3n) is 5.52. The molecule has 0 bridgehead atoms. The number of carbonyl (C=O) groups excluding carboxylic acids is 1. The Balaban J connectivity index is 1.39. The first-order chi connectivity index (χ1) is 12.7. The molecule has 0 aromatic carbocycles. The van der Waals surface area contributed by atoms with E-state index in [1.54, 1.807) is 18.4 Å². The van der Waals surface area contributed by atoms with Crippen molar-refractivity contribution in [1.82, 2.24) is 14.8 Å². The number of furan rings is 1. The number of piperidine rings is 1. The van der Waals surface area contributed by atoms with Crippen molar-refractivity contribution in [3.05, 3.63) is 54.2 Å². The smallest absolute Gasteiger partial charge is 0.289 e. The largest absolute Gasteiger partial charge is 0.459 e. The second-order valence-electron chi connectivity index (χ2n) is 7.39. The fourth-order valence-corrected chi connectivity index (χ4v) is 4.01. The van der Waals surface area contributed by atoms with E-state index >= 15 is 0 Å². The topological polar surface area (TPSA) is 58.8 Å². The summed E-state index contributed by atoms with van der Waals surface area (Å²) in [5, 5.41) is 0. The molecule has 2 fully saturated rings. The van der Waals surface area contributed by atoms with E-state index < -0.39 is 0 Å². The summed E-state index contributed by atoms with van der Waals surface area (Å²) < 4.78 is 11.2. The van der Waals surface area contributed by atoms with Crippen LogP contribution in [0.5, 0.6) is 0 Å². The van der Waals surface area contributed by atoms with Crippen LogP contribution in [-0.4, -0.2) is 60.1 Å². The first-order valence-corrected chi connectivity index (χ1v) is 9.26. The minimum Gasteiger partial charge on any atom is -0.459 e. The zero-order valence-corrected chi connectivity index (χ0v) is 15.0. The summed E-state index contributed by atoms with van der Waals surface area (Å²) in [7, 11) is 0. The molecule has 0 aliphatic carbocycles. The third kappa shape index (κ3) is 3.81. The second kappa shape index (κ2) is 7.60. The van der Waals surface area contributed by atoms with Gasteiger partial charge in [0.15, 0.2) is 5.76 Å². The molecular formula is C20H25N3O3. The van der Waals surface area contributed by atoms with Gasteiger partial charge in [-0.25, -0.2) is 0 Å². The fourth-order valence-electron chi connectivity index (χ4n) is 4.01. The summed E-state index contributed by atoms with van der Waals surface area (Å²) in [4.78, 5) is 21.0. The van der Waals surface area contributed by atoms with Gasteiger partial charge < -0.3 is 14.1 Å². The Morgan fingerprint density at radius 2 is 1.96 bits per heavy atom. The minimum atomic E-state index is -0.00645. The summed E-state index contributed by atoms with van der Waals surface area (Å²) in [5.74, 6) is 0.422. The molecule has 0 N–H and O–H groups in total. The number of rotatable bonds is 3. The van der Waals surface area contributed by atoms with E-state index in [2.05, 4.69) is 22.0 Å². The molecule has 0 atom stereocenters. The van der Waals surface area contributed by atoms with E-state index in [1.165, 1.54) is 5.56 Å². The van der Waals surface area contributed by atoms with Gasteiger partial charge in [-0.2, -0.15) is 0 Å². The highest BCUT2D eigenvalue weighted by molar-refractivity contribution is 5.91. The van der Waals surface area contributed by atoms with Crippen molar-refractivity contribution in [3.8, 4) is 0 Å². The van der Waals surface area contributed by atoms with Crippen LogP contribution in [0.15, 0.2) is 47.3 Å². The average Bonchev–Trinajstić information content (AvgIpc) is 3.14. The monoisotopic (exact) mass is 355 g/mol. The van der Waals surface area contributed by atoms with Gasteiger partial charge in [0.2, 0.25) is 0 Å². The molecule has 138 valence electrons. The predicted molar refractivity (Wildman–Crippen MR) is 96.6 cm³/mol. The number of carbonyl (C=O) groups is 1. The van der Waals surface area contributed by atoms with Crippen molar-refractivity contribution in [2.75, 3.05) is 39.4 Å². The number of hydrogen-bond acceptors (Lipinski definition) is 5. The van der Waals surface area contributed by atoms with Gasteiger partial charge >= 0.3 is 0 Å². The number of amides is 1. The summed E-state index contributed by atoms with van der Waals surface area (Å²) >= 11 is 0. The van der Waals surface area contributed by atoms with E-state index in [-0.39, 0.29) is 11.3 Å². The van der Waals surface area contributed by atoms with Crippen molar-refractivity contribution in [2.24, 2.45) is 5.41 Å². The second-order valence-corrected chi connectivity index (χ2v) is 7.39. The molecule has 2 aromatic rings. The van der Waals surface area contributed by atoms with Crippen molar-refractivity contribution in [2.45, 2.75) is 19.4 Å². The predicted octanol–water partition coefficient (Wildman–Crippen LogP) is 2.43. The standard InChI is InChI=1S/C20H25N3O3/c24-19(18-2-1-12-26-18)23-9-5-20(6-10-23)15-22(11-13-25-16-20)14-17-3-7-21-8-4-17/h1-4,7-8,12H,5-6,9-11,13-16H2. The number of nitrogens with zero attached hydrogens (tertiary/aromatic N) is 3. The van der Waals surface area contributed by atoms with Gasteiger partial charge in [-0.3, -0.25) is 14.7 Å². The van der Waals surface area contributed by atoms with Crippen LogP contribution in [0.2, 0.25) is 0 Å². The van der Waals surface area contributed by atoms with Crippen LogP contribution in [-0.2, 0) is 11.3 Å². The Labute approximate surface area is 153 Å². The Morgan fingerprint density at radius 1 is 1.15 bits per heavy atom. The number of pyridine rings is 1. The quantitative estimate of drug-likeness (QED) is 0.846. The third-order valence-corrected chi connectivity index (χ3v) is 5.52. The van der Waals surface area contributed by atoms with Crippen LogP contribution in [0, 0.1) is 5.41 Å². The molecule has 2 saturated heterocycles. The van der Waals surface area contributed by atoms with Gasteiger partial charge in [0.1, 0.15) is 0 Å². The molecule has 2 aliphatic heterocycles. The summed E-state index contributed by atoms with van der Waals surface area (Å²) in [5.41, 5.74) is 1.41. The maximum Gasteiger partial charge on any atom is 0.289 e. The maximum atomic E-state index is 12.5. The lowest BCUT2D eigenvalue weighted by Crippen LogP contribution is -2.48. The van der Waals surface area contributed by atoms with Gasteiger partial charge in [0.05, 0.1) is 19.5 Å². The molecule has 1 spiro atoms. The highest BCUT2D eigenvalue weighted by atomic mass is 16.5. The van der Waals surface area contributed by atoms with Gasteiger partial charge in [-0.05, 0) is 42.7 Å². The molecule has 0 radical (unpaired) electrons. The molecule has 6 heteroatoms. The van der Waals surface area contributed by atoms with Crippen molar-refractivity contribution in [3.63, 3.8) is 0 Å². The average molecular weight is 355 g/mol. The summed E-state index contributed by atoms with van der Waals surface area (Å²) in [6, 6.07) is 7.64. The lowest BCUT2D eigenvalue weighted by Gasteiger charge is -2.42. The number of likely N-dealkylation sites (tertiary alicyclic amines) is 1. The fraction of sp³-hybridized carbons (Fsp3) is 0.500. The zero-order valence-electron chi connectivity index (χ0n) is 15.0. The molecular weight excluding hydrogens is 330 g/mol. The van der Waals surface area contributed by atoms with Crippen LogP contribution in [0.4, 0.5) is 0 Å². The van der Waals surface area contributed by atoms with Crippen LogP contribution in [0.1, 0.15) is 29.0 Å². The van der Waals surface area contributed by atoms with Gasteiger partial charge in [-0.1, -0.05) is 0 Å². The first-order valence-electron chi connectivity index (χ1n) is 9.26. The number of aromatic nitrogens is 1. The van der Waals surface area contributed by atoms with Crippen LogP contribution < -0.4 is 0 Å². The van der Waals surface area contributed by atoms with Gasteiger partial charge in [0.25, 0.3) is 5.91 Å². The van der Waals surface area contributed by atoms with Crippen LogP contribution >= 0.6 is 0 Å². The molecule has 1 amide bonds. The molecule has 0 unspecified atom stereocenters. The lowest BCUT2D eigenvalue weighted by molar-refractivity contribution is 0.0135. The highest BCUT2D eigenvalue weighted by Gasteiger charge is 2.39. The van der Waals surface area contributed by atoms with E-state index in [1.807, 2.05) is 17.3 Å². The van der Waals surface area contributed by atoms with E-state index in [0.29, 0.717) is 5.76 Å². The molecule has 2 aromatic heterocycles. The number of hydrogen-bond donors (Lipinski definition) is 0. The van der Waals surface area contributed by atoms with Crippen LogP contribution in [0.3, 0.4) is 0 Å². The SMILES string of the molecule is O=C(c1ccco1)N1CCC2(CC1)COCCN(Cc1ccncc1)C2. The Morgan fingerprint density at radius 3 is 2.69 bits per heavy atom. The Kier molecular flexibility index (Phi) is 5.04. The van der Waals surface area contributed by atoms with Crippen molar-refractivity contribution >= 4 is 5.91 Å². The number of ether oxygens (including phenoxy) is 1. The Bertz CT molecular complexity index is 709. The molecule has 26 heavy (non-hydrogen) atoms. The maximum absolute atomic E-state index is 12.5. The highest BCUT2D eigenvalue weighted by Crippen LogP contribution is 2.35. The molecule has 4 heterocycles. The van der Waals surface area contributed by atoms with Crippen LogP contribution in [0.25, 0.3) is 0 Å². The van der Waals surface area contributed by atoms with E-state index in [0.717, 1.165) is 58.8 Å². The molecule has 6 nitrogen and oxygen atoms in total. The summed E-state index contributed by atoms with van der Waals surface area (Å²) in [6.07, 6.45) is 7.17. The lowest BCUT2D eigenvalue weighted by atomic mass is 9.78. The van der Waals surface area contributed by atoms with Gasteiger partial charge in [-0.15, -0.1) is 0 Å². The van der Waals surface area contributed by atoms with Crippen molar-refractivity contribution < 1.29 is 13.9 Å². The van der Waals surface area contributed by atoms with E-state index in [9.17, 15) is 4.79 Å². The van der Waals surface area contributed by atoms with Gasteiger partial charge in [0, 0.05) is 50.5 Å². The zero-order chi connectivity index (χ0) is 17.8. The minimum absolute atomic E-state index is 0.00645. The normalized spacial score (nSPS) is 20.8. The molecule has 0 saturated carbocycles. The molecule has 2 aliphatic rings. The summed E-state index contributed by atoms with van der Waals surface area (Å²) in [6.45, 7) is 5.93. The molecule has 4 rings (SSSR count). The first kappa shape index (κ1) is 17.2. The Hall–Kier alpha value is -2.18. The van der Waals surface area contributed by atoms with Crippen molar-refractivity contribution in [1.29, 1.82) is 0 Å². The van der Waals surface area contributed by atoms with E-state index in [4.69, 9.17) is 9.15 Å².